The molecule has 0 amide bonds. The van der Waals surface area contributed by atoms with E-state index in [1.165, 1.54) is 42.0 Å². The number of pyridine rings is 1. The van der Waals surface area contributed by atoms with Crippen molar-refractivity contribution < 1.29 is 0 Å². The van der Waals surface area contributed by atoms with Gasteiger partial charge in [-0.1, -0.05) is 51.3 Å². The molecule has 0 aliphatic rings. The third-order valence-corrected chi connectivity index (χ3v) is 3.64. The van der Waals surface area contributed by atoms with Crippen molar-refractivity contribution in [1.82, 2.24) is 10.3 Å². The predicted octanol–water partition coefficient (Wildman–Crippen LogP) is 4.47. The Hall–Kier alpha value is -1.41. The number of nitrogens with one attached hydrogen (secondary N) is 1. The van der Waals surface area contributed by atoms with Gasteiger partial charge in [0.1, 0.15) is 0 Å². The Labute approximate surface area is 116 Å². The van der Waals surface area contributed by atoms with Crippen LogP contribution in [-0.4, -0.2) is 11.5 Å². The van der Waals surface area contributed by atoms with Gasteiger partial charge in [0.25, 0.3) is 0 Å². The second-order valence-electron chi connectivity index (χ2n) is 5.05. The first-order valence-corrected chi connectivity index (χ1v) is 7.42. The lowest BCUT2D eigenvalue weighted by atomic mass is 9.96. The minimum Gasteiger partial charge on any atom is -0.310 e. The van der Waals surface area contributed by atoms with Gasteiger partial charge in [-0.2, -0.15) is 0 Å². The Morgan fingerprint density at radius 1 is 1.16 bits per heavy atom. The van der Waals surface area contributed by atoms with Gasteiger partial charge in [0, 0.05) is 23.8 Å². The van der Waals surface area contributed by atoms with E-state index in [1.54, 1.807) is 0 Å². The fourth-order valence-corrected chi connectivity index (χ4v) is 2.66. The molecule has 0 spiro atoms. The van der Waals surface area contributed by atoms with Crippen molar-refractivity contribution in [3.8, 4) is 0 Å². The quantitative estimate of drug-likeness (QED) is 0.739. The van der Waals surface area contributed by atoms with E-state index in [9.17, 15) is 0 Å². The van der Waals surface area contributed by atoms with Gasteiger partial charge in [0.2, 0.25) is 0 Å². The summed E-state index contributed by atoms with van der Waals surface area (Å²) in [6.45, 7) is 5.45. The maximum atomic E-state index is 4.21. The molecule has 102 valence electrons. The summed E-state index contributed by atoms with van der Waals surface area (Å²) in [7, 11) is 0. The Kier molecular flexibility index (Phi) is 5.34. The molecule has 1 heterocycles. The Morgan fingerprint density at radius 2 is 2.05 bits per heavy atom. The first-order chi connectivity index (χ1) is 9.36. The van der Waals surface area contributed by atoms with E-state index in [1.807, 2.05) is 12.4 Å². The summed E-state index contributed by atoms with van der Waals surface area (Å²) in [5.74, 6) is 0. The summed E-state index contributed by atoms with van der Waals surface area (Å²) in [6, 6.07) is 9.13. The van der Waals surface area contributed by atoms with Crippen LogP contribution >= 0.6 is 0 Å². The fourth-order valence-electron chi connectivity index (χ4n) is 2.66. The Morgan fingerprint density at radius 3 is 2.84 bits per heavy atom. The summed E-state index contributed by atoms with van der Waals surface area (Å²) in [6.07, 6.45) is 8.93. The van der Waals surface area contributed by atoms with Crippen molar-refractivity contribution in [2.24, 2.45) is 0 Å². The maximum Gasteiger partial charge on any atom is 0.0346 e. The molecule has 2 aromatic rings. The van der Waals surface area contributed by atoms with Crippen LogP contribution in [0, 0.1) is 0 Å². The molecule has 2 nitrogen and oxygen atoms in total. The van der Waals surface area contributed by atoms with Crippen molar-refractivity contribution >= 4 is 10.8 Å². The number of aromatic nitrogens is 1. The molecule has 0 fully saturated rings. The summed E-state index contributed by atoms with van der Waals surface area (Å²) < 4.78 is 0. The molecule has 0 aliphatic carbocycles. The molecule has 2 heteroatoms. The molecule has 0 saturated heterocycles. The highest BCUT2D eigenvalue weighted by Crippen LogP contribution is 2.27. The fraction of sp³-hybridized carbons (Fsp3) is 0.471. The zero-order chi connectivity index (χ0) is 13.5. The SMILES string of the molecule is CCCCCC(NCC)c1cccc2cnccc12. The lowest BCUT2D eigenvalue weighted by Crippen LogP contribution is -2.21. The third-order valence-electron chi connectivity index (χ3n) is 3.64. The maximum absolute atomic E-state index is 4.21. The minimum atomic E-state index is 0.461. The van der Waals surface area contributed by atoms with Crippen LogP contribution in [0.15, 0.2) is 36.7 Å². The number of fused-ring (bicyclic) bond motifs is 1. The topological polar surface area (TPSA) is 24.9 Å². The van der Waals surface area contributed by atoms with Gasteiger partial charge < -0.3 is 5.32 Å². The summed E-state index contributed by atoms with van der Waals surface area (Å²) >= 11 is 0. The van der Waals surface area contributed by atoms with Gasteiger partial charge in [0.15, 0.2) is 0 Å². The van der Waals surface area contributed by atoms with Gasteiger partial charge in [-0.05, 0) is 30.0 Å². The van der Waals surface area contributed by atoms with Crippen molar-refractivity contribution in [2.75, 3.05) is 6.54 Å². The molecule has 0 bridgehead atoms. The number of nitrogens with zero attached hydrogens (tertiary/aromatic N) is 1. The lowest BCUT2D eigenvalue weighted by molar-refractivity contribution is 0.489. The van der Waals surface area contributed by atoms with E-state index in [0.29, 0.717) is 6.04 Å². The lowest BCUT2D eigenvalue weighted by Gasteiger charge is -2.20. The van der Waals surface area contributed by atoms with Gasteiger partial charge in [0.05, 0.1) is 0 Å². The molecular formula is C17H24N2. The molecule has 0 radical (unpaired) electrons. The monoisotopic (exact) mass is 256 g/mol. The van der Waals surface area contributed by atoms with Crippen LogP contribution in [0.25, 0.3) is 10.8 Å². The van der Waals surface area contributed by atoms with Gasteiger partial charge in [-0.25, -0.2) is 0 Å². The number of hydrogen-bond donors (Lipinski definition) is 1. The smallest absolute Gasteiger partial charge is 0.0346 e. The van der Waals surface area contributed by atoms with E-state index in [0.717, 1.165) is 6.54 Å². The minimum absolute atomic E-state index is 0.461. The first kappa shape index (κ1) is 14.0. The van der Waals surface area contributed by atoms with Crippen LogP contribution in [0.5, 0.6) is 0 Å². The van der Waals surface area contributed by atoms with Crippen LogP contribution in [0.1, 0.15) is 51.1 Å². The first-order valence-electron chi connectivity index (χ1n) is 7.42. The van der Waals surface area contributed by atoms with E-state index >= 15 is 0 Å². The molecule has 0 aliphatic heterocycles. The average Bonchev–Trinajstić information content (AvgIpc) is 2.46. The van der Waals surface area contributed by atoms with Crippen LogP contribution in [0.2, 0.25) is 0 Å². The zero-order valence-electron chi connectivity index (χ0n) is 12.0. The molecule has 1 unspecified atom stereocenters. The molecule has 2 rings (SSSR count). The molecule has 1 aromatic heterocycles. The summed E-state index contributed by atoms with van der Waals surface area (Å²) in [4.78, 5) is 4.21. The molecular weight excluding hydrogens is 232 g/mol. The second-order valence-corrected chi connectivity index (χ2v) is 5.05. The van der Waals surface area contributed by atoms with E-state index < -0.39 is 0 Å². The highest BCUT2D eigenvalue weighted by molar-refractivity contribution is 5.85. The van der Waals surface area contributed by atoms with Crippen LogP contribution < -0.4 is 5.32 Å². The average molecular weight is 256 g/mol. The van der Waals surface area contributed by atoms with E-state index in [2.05, 4.69) is 48.4 Å². The summed E-state index contributed by atoms with van der Waals surface area (Å²) in [5.41, 5.74) is 1.41. The van der Waals surface area contributed by atoms with Crippen LogP contribution in [0.4, 0.5) is 0 Å². The highest BCUT2D eigenvalue weighted by atomic mass is 14.9. The van der Waals surface area contributed by atoms with Gasteiger partial charge in [-0.3, -0.25) is 4.98 Å². The zero-order valence-corrected chi connectivity index (χ0v) is 12.0. The van der Waals surface area contributed by atoms with Crippen molar-refractivity contribution in [3.05, 3.63) is 42.2 Å². The Balaban J connectivity index is 2.27. The second kappa shape index (κ2) is 7.25. The van der Waals surface area contributed by atoms with Gasteiger partial charge in [-0.15, -0.1) is 0 Å². The number of unbranched alkanes of at least 4 members (excludes halogenated alkanes) is 2. The summed E-state index contributed by atoms with van der Waals surface area (Å²) in [5, 5.41) is 6.20. The number of hydrogen-bond acceptors (Lipinski definition) is 2. The predicted molar refractivity (Wildman–Crippen MR) is 82.3 cm³/mol. The van der Waals surface area contributed by atoms with Crippen LogP contribution in [0.3, 0.4) is 0 Å². The van der Waals surface area contributed by atoms with E-state index in [-0.39, 0.29) is 0 Å². The standard InChI is InChI=1S/C17H24N2/c1-3-5-6-10-17(19-4-2)16-9-7-8-14-13-18-12-11-15(14)16/h7-9,11-13,17,19H,3-6,10H2,1-2H3. The van der Waals surface area contributed by atoms with Gasteiger partial charge >= 0.3 is 0 Å². The molecule has 0 saturated carbocycles. The highest BCUT2D eigenvalue weighted by Gasteiger charge is 2.12. The number of rotatable bonds is 7. The third kappa shape index (κ3) is 3.54. The Bertz CT molecular complexity index is 502. The molecule has 19 heavy (non-hydrogen) atoms. The van der Waals surface area contributed by atoms with Crippen molar-refractivity contribution in [2.45, 2.75) is 45.6 Å². The van der Waals surface area contributed by atoms with E-state index in [4.69, 9.17) is 0 Å². The van der Waals surface area contributed by atoms with Crippen LogP contribution in [-0.2, 0) is 0 Å². The van der Waals surface area contributed by atoms with Crippen molar-refractivity contribution in [3.63, 3.8) is 0 Å². The largest absolute Gasteiger partial charge is 0.310 e. The normalized spacial score (nSPS) is 12.7. The molecule has 1 atom stereocenters. The molecule has 1 aromatic carbocycles. The molecule has 1 N–H and O–H groups in total. The number of benzene rings is 1. The van der Waals surface area contributed by atoms with Crippen molar-refractivity contribution in [1.29, 1.82) is 0 Å².